The minimum absolute atomic E-state index is 0.301. The summed E-state index contributed by atoms with van der Waals surface area (Å²) in [6.07, 6.45) is 1.66. The number of hydrogen-bond acceptors (Lipinski definition) is 2. The lowest BCUT2D eigenvalue weighted by atomic mass is 10.3. The van der Waals surface area contributed by atoms with Gasteiger partial charge in [-0.05, 0) is 46.3 Å². The number of nitrogens with zero attached hydrogens (tertiary/aromatic N) is 1. The molecule has 1 heterocycles. The maximum Gasteiger partial charge on any atom is 0.319 e. The van der Waals surface area contributed by atoms with Crippen molar-refractivity contribution >= 4 is 27.6 Å². The fraction of sp³-hybridized carbons (Fsp3) is 0.0769. The minimum atomic E-state index is -0.376. The van der Waals surface area contributed by atoms with E-state index in [1.807, 2.05) is 12.1 Å². The largest absolute Gasteiger partial charge is 0.332 e. The van der Waals surface area contributed by atoms with Gasteiger partial charge in [-0.15, -0.1) is 0 Å². The third-order valence-corrected chi connectivity index (χ3v) is 2.94. The maximum atomic E-state index is 13.0. The third kappa shape index (κ3) is 4.03. The number of aromatic nitrogens is 1. The summed E-state index contributed by atoms with van der Waals surface area (Å²) in [7, 11) is 0. The van der Waals surface area contributed by atoms with E-state index in [1.165, 1.54) is 18.2 Å². The van der Waals surface area contributed by atoms with E-state index in [9.17, 15) is 9.18 Å². The highest BCUT2D eigenvalue weighted by atomic mass is 79.9. The Labute approximate surface area is 118 Å². The molecule has 0 aliphatic carbocycles. The molecule has 6 heteroatoms. The zero-order valence-corrected chi connectivity index (χ0v) is 11.4. The van der Waals surface area contributed by atoms with Crippen molar-refractivity contribution in [3.63, 3.8) is 0 Å². The number of anilines is 1. The Balaban J connectivity index is 1.89. The van der Waals surface area contributed by atoms with E-state index in [0.717, 1.165) is 5.69 Å². The lowest BCUT2D eigenvalue weighted by Gasteiger charge is -2.07. The summed E-state index contributed by atoms with van der Waals surface area (Å²) in [5.74, 6) is -0.376. The average molecular weight is 324 g/mol. The van der Waals surface area contributed by atoms with Crippen LogP contribution >= 0.6 is 15.9 Å². The van der Waals surface area contributed by atoms with E-state index >= 15 is 0 Å². The minimum Gasteiger partial charge on any atom is -0.332 e. The molecule has 2 N–H and O–H groups in total. The van der Waals surface area contributed by atoms with Crippen LogP contribution in [-0.4, -0.2) is 11.0 Å². The first kappa shape index (κ1) is 13.5. The van der Waals surface area contributed by atoms with Crippen molar-refractivity contribution in [2.45, 2.75) is 6.54 Å². The van der Waals surface area contributed by atoms with Gasteiger partial charge in [0.1, 0.15) is 5.82 Å². The molecule has 2 rings (SSSR count). The van der Waals surface area contributed by atoms with Gasteiger partial charge in [0, 0.05) is 11.9 Å². The van der Waals surface area contributed by atoms with Crippen LogP contribution in [0.4, 0.5) is 14.9 Å². The van der Waals surface area contributed by atoms with Crippen molar-refractivity contribution in [3.8, 4) is 0 Å². The van der Waals surface area contributed by atoms with Crippen LogP contribution in [0.3, 0.4) is 0 Å². The van der Waals surface area contributed by atoms with Gasteiger partial charge in [0.2, 0.25) is 0 Å². The topological polar surface area (TPSA) is 54.0 Å². The lowest BCUT2D eigenvalue weighted by molar-refractivity contribution is 0.251. The van der Waals surface area contributed by atoms with E-state index in [0.29, 0.717) is 16.7 Å². The molecule has 2 aromatic rings. The summed E-state index contributed by atoms with van der Waals surface area (Å²) in [6, 6.07) is 9.35. The van der Waals surface area contributed by atoms with Crippen LogP contribution in [0.5, 0.6) is 0 Å². The molecule has 2 amide bonds. The van der Waals surface area contributed by atoms with Gasteiger partial charge in [-0.1, -0.05) is 6.07 Å². The molecule has 0 aliphatic rings. The fourth-order valence-corrected chi connectivity index (χ4v) is 1.80. The summed E-state index contributed by atoms with van der Waals surface area (Å²) >= 11 is 3.05. The smallest absolute Gasteiger partial charge is 0.319 e. The Morgan fingerprint density at radius 1 is 1.32 bits per heavy atom. The van der Waals surface area contributed by atoms with E-state index in [4.69, 9.17) is 0 Å². The molecular formula is C13H11BrFN3O. The van der Waals surface area contributed by atoms with Gasteiger partial charge < -0.3 is 10.6 Å². The van der Waals surface area contributed by atoms with Crippen molar-refractivity contribution in [1.29, 1.82) is 0 Å². The summed E-state index contributed by atoms with van der Waals surface area (Å²) in [4.78, 5) is 15.7. The van der Waals surface area contributed by atoms with Gasteiger partial charge >= 0.3 is 6.03 Å². The molecule has 98 valence electrons. The number of halogens is 2. The van der Waals surface area contributed by atoms with Crippen LogP contribution in [0.15, 0.2) is 47.1 Å². The predicted octanol–water partition coefficient (Wildman–Crippen LogP) is 3.30. The van der Waals surface area contributed by atoms with Crippen LogP contribution in [0.2, 0.25) is 0 Å². The fourth-order valence-electron chi connectivity index (χ4n) is 1.42. The number of urea groups is 1. The first-order valence-electron chi connectivity index (χ1n) is 5.55. The van der Waals surface area contributed by atoms with Crippen molar-refractivity contribution in [2.24, 2.45) is 0 Å². The van der Waals surface area contributed by atoms with Crippen molar-refractivity contribution in [2.75, 3.05) is 5.32 Å². The van der Waals surface area contributed by atoms with E-state index in [-0.39, 0.29) is 11.8 Å². The number of amides is 2. The van der Waals surface area contributed by atoms with Crippen molar-refractivity contribution in [3.05, 3.63) is 58.6 Å². The van der Waals surface area contributed by atoms with Crippen LogP contribution < -0.4 is 10.6 Å². The molecule has 0 spiro atoms. The Bertz CT molecular complexity index is 577. The molecule has 0 saturated carbocycles. The van der Waals surface area contributed by atoms with Gasteiger partial charge in [-0.25, -0.2) is 9.18 Å². The summed E-state index contributed by atoms with van der Waals surface area (Å²) in [5.41, 5.74) is 1.27. The van der Waals surface area contributed by atoms with Crippen LogP contribution in [0.1, 0.15) is 5.69 Å². The van der Waals surface area contributed by atoms with Gasteiger partial charge in [0.25, 0.3) is 0 Å². The number of benzene rings is 1. The zero-order chi connectivity index (χ0) is 13.7. The molecule has 0 fully saturated rings. The highest BCUT2D eigenvalue weighted by Crippen LogP contribution is 2.19. The van der Waals surface area contributed by atoms with Gasteiger partial charge in [0.15, 0.2) is 0 Å². The van der Waals surface area contributed by atoms with E-state index in [1.54, 1.807) is 12.3 Å². The Morgan fingerprint density at radius 2 is 2.16 bits per heavy atom. The van der Waals surface area contributed by atoms with Crippen LogP contribution in [0.25, 0.3) is 0 Å². The van der Waals surface area contributed by atoms with Gasteiger partial charge in [-0.2, -0.15) is 0 Å². The lowest BCUT2D eigenvalue weighted by Crippen LogP contribution is -2.28. The summed E-state index contributed by atoms with van der Waals surface area (Å²) in [5, 5.41) is 5.27. The Kier molecular flexibility index (Phi) is 4.46. The molecule has 0 bridgehead atoms. The predicted molar refractivity (Wildman–Crippen MR) is 74.2 cm³/mol. The molecule has 0 radical (unpaired) electrons. The standard InChI is InChI=1S/C13H11BrFN3O/c14-11-7-9(4-5-12(11)15)18-13(19)17-8-10-3-1-2-6-16-10/h1-7H,8H2,(H2,17,18,19). The number of rotatable bonds is 3. The summed E-state index contributed by atoms with van der Waals surface area (Å²) in [6.45, 7) is 0.328. The van der Waals surface area contributed by atoms with Crippen LogP contribution in [-0.2, 0) is 6.54 Å². The molecule has 1 aromatic heterocycles. The molecule has 0 unspecified atom stereocenters. The number of pyridine rings is 1. The monoisotopic (exact) mass is 323 g/mol. The van der Waals surface area contributed by atoms with Gasteiger partial charge in [0.05, 0.1) is 16.7 Å². The molecule has 4 nitrogen and oxygen atoms in total. The normalized spacial score (nSPS) is 10.0. The second-order valence-corrected chi connectivity index (χ2v) is 4.61. The van der Waals surface area contributed by atoms with Crippen molar-refractivity contribution < 1.29 is 9.18 Å². The third-order valence-electron chi connectivity index (χ3n) is 2.33. The first-order valence-corrected chi connectivity index (χ1v) is 6.34. The molecule has 0 atom stereocenters. The number of hydrogen-bond donors (Lipinski definition) is 2. The molecule has 19 heavy (non-hydrogen) atoms. The van der Waals surface area contributed by atoms with E-state index in [2.05, 4.69) is 31.5 Å². The SMILES string of the molecule is O=C(NCc1ccccn1)Nc1ccc(F)c(Br)c1. The highest BCUT2D eigenvalue weighted by Gasteiger charge is 2.04. The van der Waals surface area contributed by atoms with Gasteiger partial charge in [-0.3, -0.25) is 4.98 Å². The van der Waals surface area contributed by atoms with Crippen molar-refractivity contribution in [1.82, 2.24) is 10.3 Å². The Morgan fingerprint density at radius 3 is 2.84 bits per heavy atom. The molecular weight excluding hydrogens is 313 g/mol. The number of carbonyl (C=O) groups is 1. The Hall–Kier alpha value is -1.95. The summed E-state index contributed by atoms with van der Waals surface area (Å²) < 4.78 is 13.3. The quantitative estimate of drug-likeness (QED) is 0.910. The second-order valence-electron chi connectivity index (χ2n) is 3.76. The highest BCUT2D eigenvalue weighted by molar-refractivity contribution is 9.10. The molecule has 0 aliphatic heterocycles. The average Bonchev–Trinajstić information content (AvgIpc) is 2.42. The van der Waals surface area contributed by atoms with E-state index < -0.39 is 0 Å². The maximum absolute atomic E-state index is 13.0. The second kappa shape index (κ2) is 6.29. The number of nitrogens with one attached hydrogen (secondary N) is 2. The molecule has 0 saturated heterocycles. The number of carbonyl (C=O) groups excluding carboxylic acids is 1. The zero-order valence-electron chi connectivity index (χ0n) is 9.86. The first-order chi connectivity index (χ1) is 9.15. The molecule has 1 aromatic carbocycles. The van der Waals surface area contributed by atoms with Crippen LogP contribution in [0, 0.1) is 5.82 Å².